The summed E-state index contributed by atoms with van der Waals surface area (Å²) in [6, 6.07) is 7.22. The van der Waals surface area contributed by atoms with Gasteiger partial charge in [-0.05, 0) is 24.3 Å². The van der Waals surface area contributed by atoms with Gasteiger partial charge in [0.1, 0.15) is 5.75 Å². The molecule has 0 aliphatic rings. The van der Waals surface area contributed by atoms with Gasteiger partial charge in [0.2, 0.25) is 5.91 Å². The Morgan fingerprint density at radius 3 is 2.58 bits per heavy atom. The first-order valence-electron chi connectivity index (χ1n) is 5.52. The molecule has 19 heavy (non-hydrogen) atoms. The summed E-state index contributed by atoms with van der Waals surface area (Å²) in [5, 5.41) is 2.99. The Hall–Kier alpha value is -2.21. The molecule has 0 radical (unpaired) electrons. The molecule has 6 heteroatoms. The number of amides is 1. The maximum atomic E-state index is 11.1. The molecule has 2 rings (SSSR count). The third-order valence-electron chi connectivity index (χ3n) is 2.41. The maximum absolute atomic E-state index is 11.1. The smallest absolute Gasteiger partial charge is 0.223 e. The molecule has 98 valence electrons. The number of nitrogens with zero attached hydrogens (tertiary/aromatic N) is 1. The van der Waals surface area contributed by atoms with Crippen LogP contribution in [0, 0.1) is 0 Å². The lowest BCUT2D eigenvalue weighted by Gasteiger charge is -2.01. The molecule has 0 spiro atoms. The van der Waals surface area contributed by atoms with Gasteiger partial charge in [-0.1, -0.05) is 11.3 Å². The second-order valence-corrected chi connectivity index (χ2v) is 4.79. The van der Waals surface area contributed by atoms with E-state index in [1.54, 1.807) is 19.2 Å². The quantitative estimate of drug-likeness (QED) is 0.871. The maximum Gasteiger partial charge on any atom is 0.223 e. The Kier molecular flexibility index (Phi) is 3.91. The zero-order chi connectivity index (χ0) is 13.8. The highest BCUT2D eigenvalue weighted by atomic mass is 32.1. The molecule has 1 aromatic heterocycles. The van der Waals surface area contributed by atoms with Gasteiger partial charge < -0.3 is 10.1 Å². The van der Waals surface area contributed by atoms with Crippen LogP contribution in [0.3, 0.4) is 0 Å². The minimum atomic E-state index is -0.215. The van der Waals surface area contributed by atoms with Crippen LogP contribution in [-0.4, -0.2) is 24.3 Å². The summed E-state index contributed by atoms with van der Waals surface area (Å²) >= 11 is 1.15. The Labute approximate surface area is 114 Å². The standard InChI is InChI=1S/C13H12N2O3S/c1-8(17)14-13-15-12(11(7-16)19-13)9-3-5-10(18-2)6-4-9/h3-7H,1-2H3,(H,14,15,17). The molecule has 1 aromatic carbocycles. The molecule has 0 bridgehead atoms. The molecule has 0 aliphatic carbocycles. The molecule has 0 saturated heterocycles. The first-order valence-corrected chi connectivity index (χ1v) is 6.33. The first-order chi connectivity index (χ1) is 9.13. The van der Waals surface area contributed by atoms with Crippen molar-refractivity contribution in [3.8, 4) is 17.0 Å². The van der Waals surface area contributed by atoms with Crippen LogP contribution >= 0.6 is 11.3 Å². The van der Waals surface area contributed by atoms with E-state index in [1.165, 1.54) is 6.92 Å². The minimum absolute atomic E-state index is 0.215. The average molecular weight is 276 g/mol. The number of hydrogen-bond donors (Lipinski definition) is 1. The second kappa shape index (κ2) is 5.62. The molecule has 0 atom stereocenters. The van der Waals surface area contributed by atoms with Gasteiger partial charge in [-0.15, -0.1) is 0 Å². The zero-order valence-corrected chi connectivity index (χ0v) is 11.3. The second-order valence-electron chi connectivity index (χ2n) is 3.76. The van der Waals surface area contributed by atoms with E-state index < -0.39 is 0 Å². The van der Waals surface area contributed by atoms with Crippen molar-refractivity contribution in [2.75, 3.05) is 12.4 Å². The van der Waals surface area contributed by atoms with Crippen molar-refractivity contribution in [1.82, 2.24) is 4.98 Å². The van der Waals surface area contributed by atoms with Crippen LogP contribution in [0.2, 0.25) is 0 Å². The fraction of sp³-hybridized carbons (Fsp3) is 0.154. The van der Waals surface area contributed by atoms with Crippen LogP contribution in [0.15, 0.2) is 24.3 Å². The van der Waals surface area contributed by atoms with Crippen molar-refractivity contribution < 1.29 is 14.3 Å². The highest BCUT2D eigenvalue weighted by Crippen LogP contribution is 2.30. The van der Waals surface area contributed by atoms with Crippen LogP contribution in [0.25, 0.3) is 11.3 Å². The van der Waals surface area contributed by atoms with Crippen molar-refractivity contribution in [3.05, 3.63) is 29.1 Å². The number of nitrogens with one attached hydrogen (secondary N) is 1. The van der Waals surface area contributed by atoms with Crippen LogP contribution in [0.4, 0.5) is 5.13 Å². The van der Waals surface area contributed by atoms with E-state index in [0.717, 1.165) is 28.9 Å². The van der Waals surface area contributed by atoms with Crippen LogP contribution in [-0.2, 0) is 4.79 Å². The van der Waals surface area contributed by atoms with E-state index in [0.29, 0.717) is 15.7 Å². The van der Waals surface area contributed by atoms with Crippen molar-refractivity contribution in [1.29, 1.82) is 0 Å². The molecule has 2 aromatic rings. The van der Waals surface area contributed by atoms with Crippen LogP contribution in [0.5, 0.6) is 5.75 Å². The Morgan fingerprint density at radius 2 is 2.05 bits per heavy atom. The fourth-order valence-electron chi connectivity index (χ4n) is 1.57. The molecular formula is C13H12N2O3S. The number of anilines is 1. The number of carbonyl (C=O) groups is 2. The molecule has 0 saturated carbocycles. The van der Waals surface area contributed by atoms with E-state index >= 15 is 0 Å². The highest BCUT2D eigenvalue weighted by Gasteiger charge is 2.13. The van der Waals surface area contributed by atoms with Gasteiger partial charge in [-0.2, -0.15) is 0 Å². The Morgan fingerprint density at radius 1 is 1.37 bits per heavy atom. The number of benzene rings is 1. The molecule has 0 unspecified atom stereocenters. The Bertz CT molecular complexity index is 605. The van der Waals surface area contributed by atoms with Crippen molar-refractivity contribution in [2.45, 2.75) is 6.92 Å². The predicted octanol–water partition coefficient (Wildman–Crippen LogP) is 2.59. The molecule has 0 fully saturated rings. The Balaban J connectivity index is 2.39. The average Bonchev–Trinajstić information content (AvgIpc) is 2.81. The van der Waals surface area contributed by atoms with Crippen LogP contribution < -0.4 is 10.1 Å². The third-order valence-corrected chi connectivity index (χ3v) is 3.30. The summed E-state index contributed by atoms with van der Waals surface area (Å²) in [6.45, 7) is 1.40. The molecule has 1 heterocycles. The molecule has 1 N–H and O–H groups in total. The summed E-state index contributed by atoms with van der Waals surface area (Å²) in [4.78, 5) is 26.8. The zero-order valence-electron chi connectivity index (χ0n) is 10.5. The molecule has 0 aliphatic heterocycles. The van der Waals surface area contributed by atoms with Gasteiger partial charge in [0.15, 0.2) is 11.4 Å². The van der Waals surface area contributed by atoms with Gasteiger partial charge in [0.05, 0.1) is 17.7 Å². The van der Waals surface area contributed by atoms with Gasteiger partial charge in [0, 0.05) is 12.5 Å². The number of carbonyl (C=O) groups excluding carboxylic acids is 2. The summed E-state index contributed by atoms with van der Waals surface area (Å²) < 4.78 is 5.08. The lowest BCUT2D eigenvalue weighted by Crippen LogP contribution is -2.04. The minimum Gasteiger partial charge on any atom is -0.497 e. The van der Waals surface area contributed by atoms with E-state index in [2.05, 4.69) is 10.3 Å². The van der Waals surface area contributed by atoms with E-state index in [4.69, 9.17) is 4.74 Å². The third kappa shape index (κ3) is 2.97. The SMILES string of the molecule is COc1ccc(-c2nc(NC(C)=O)sc2C=O)cc1. The monoisotopic (exact) mass is 276 g/mol. The van der Waals surface area contributed by atoms with Crippen molar-refractivity contribution >= 4 is 28.7 Å². The number of aromatic nitrogens is 1. The number of ether oxygens (including phenoxy) is 1. The lowest BCUT2D eigenvalue weighted by molar-refractivity contribution is -0.114. The number of rotatable bonds is 4. The summed E-state index contributed by atoms with van der Waals surface area (Å²) in [5.41, 5.74) is 1.36. The summed E-state index contributed by atoms with van der Waals surface area (Å²) in [7, 11) is 1.59. The summed E-state index contributed by atoms with van der Waals surface area (Å²) in [6.07, 6.45) is 0.739. The highest BCUT2D eigenvalue weighted by molar-refractivity contribution is 7.17. The van der Waals surface area contributed by atoms with Gasteiger partial charge in [-0.25, -0.2) is 4.98 Å². The van der Waals surface area contributed by atoms with Gasteiger partial charge in [-0.3, -0.25) is 9.59 Å². The number of methoxy groups -OCH3 is 1. The predicted molar refractivity (Wildman–Crippen MR) is 73.8 cm³/mol. The number of aldehydes is 1. The van der Waals surface area contributed by atoms with Gasteiger partial charge in [0.25, 0.3) is 0 Å². The number of hydrogen-bond acceptors (Lipinski definition) is 5. The number of thiazole rings is 1. The topological polar surface area (TPSA) is 68.3 Å². The van der Waals surface area contributed by atoms with E-state index in [9.17, 15) is 9.59 Å². The van der Waals surface area contributed by atoms with E-state index in [1.807, 2.05) is 12.1 Å². The van der Waals surface area contributed by atoms with Crippen molar-refractivity contribution in [2.24, 2.45) is 0 Å². The molecule has 1 amide bonds. The normalized spacial score (nSPS) is 10.0. The summed E-state index contributed by atoms with van der Waals surface area (Å²) in [5.74, 6) is 0.515. The molecule has 5 nitrogen and oxygen atoms in total. The van der Waals surface area contributed by atoms with E-state index in [-0.39, 0.29) is 5.91 Å². The van der Waals surface area contributed by atoms with Gasteiger partial charge >= 0.3 is 0 Å². The van der Waals surface area contributed by atoms with Crippen molar-refractivity contribution in [3.63, 3.8) is 0 Å². The lowest BCUT2D eigenvalue weighted by atomic mass is 10.1. The molecular weight excluding hydrogens is 264 g/mol. The first kappa shape index (κ1) is 13.2. The van der Waals surface area contributed by atoms with Crippen LogP contribution in [0.1, 0.15) is 16.6 Å². The largest absolute Gasteiger partial charge is 0.497 e. The fourth-order valence-corrected chi connectivity index (χ4v) is 2.42.